The number of benzene rings is 1. The number of rotatable bonds is 3. The molecule has 0 amide bonds. The molecule has 0 aliphatic rings. The zero-order valence-corrected chi connectivity index (χ0v) is 9.53. The van der Waals surface area contributed by atoms with Gasteiger partial charge in [0, 0.05) is 18.9 Å². The molecular weight excluding hydrogens is 228 g/mol. The molecule has 0 aliphatic carbocycles. The molecule has 0 unspecified atom stereocenters. The Labute approximate surface area is 97.4 Å². The fourth-order valence-electron chi connectivity index (χ4n) is 1.77. The third-order valence-corrected chi connectivity index (χ3v) is 2.77. The van der Waals surface area contributed by atoms with Crippen LogP contribution in [-0.4, -0.2) is 20.9 Å². The lowest BCUT2D eigenvalue weighted by Crippen LogP contribution is -1.99. The molecule has 1 aromatic carbocycles. The predicted octanol–water partition coefficient (Wildman–Crippen LogP) is 2.24. The molecule has 16 heavy (non-hydrogen) atoms. The van der Waals surface area contributed by atoms with E-state index in [0.717, 1.165) is 16.6 Å². The summed E-state index contributed by atoms with van der Waals surface area (Å²) in [6.07, 6.45) is 0.506. The Morgan fingerprint density at radius 1 is 1.56 bits per heavy atom. The van der Waals surface area contributed by atoms with E-state index in [1.807, 2.05) is 12.1 Å². The highest BCUT2D eigenvalue weighted by Crippen LogP contribution is 2.25. The van der Waals surface area contributed by atoms with E-state index in [9.17, 15) is 4.79 Å². The lowest BCUT2D eigenvalue weighted by atomic mass is 10.1. The van der Waals surface area contributed by atoms with Crippen LogP contribution in [0.2, 0.25) is 5.02 Å². The molecule has 2 rings (SSSR count). The molecule has 0 fully saturated rings. The van der Waals surface area contributed by atoms with E-state index >= 15 is 0 Å². The first-order valence-corrected chi connectivity index (χ1v) is 5.29. The Kier molecular flexibility index (Phi) is 2.83. The number of aromatic nitrogens is 2. The molecule has 5 heteroatoms. The van der Waals surface area contributed by atoms with Gasteiger partial charge in [-0.25, -0.2) is 0 Å². The molecule has 4 nitrogen and oxygen atoms in total. The smallest absolute Gasteiger partial charge is 0.303 e. The van der Waals surface area contributed by atoms with Crippen molar-refractivity contribution >= 4 is 28.5 Å². The number of halogens is 1. The minimum Gasteiger partial charge on any atom is -0.481 e. The fraction of sp³-hybridized carbons (Fsp3) is 0.273. The van der Waals surface area contributed by atoms with Crippen LogP contribution in [0.25, 0.3) is 10.9 Å². The van der Waals surface area contributed by atoms with E-state index in [1.54, 1.807) is 17.8 Å². The molecular formula is C11H11ClN2O2. The molecule has 84 valence electrons. The van der Waals surface area contributed by atoms with Crippen molar-refractivity contribution in [1.29, 1.82) is 0 Å². The van der Waals surface area contributed by atoms with Gasteiger partial charge in [0.15, 0.2) is 0 Å². The van der Waals surface area contributed by atoms with Crippen molar-refractivity contribution in [1.82, 2.24) is 9.78 Å². The summed E-state index contributed by atoms with van der Waals surface area (Å²) >= 11 is 6.06. The molecule has 1 heterocycles. The normalized spacial score (nSPS) is 10.9. The highest BCUT2D eigenvalue weighted by molar-refractivity contribution is 6.35. The van der Waals surface area contributed by atoms with Crippen molar-refractivity contribution in [2.24, 2.45) is 7.05 Å². The van der Waals surface area contributed by atoms with Gasteiger partial charge in [0.05, 0.1) is 22.7 Å². The lowest BCUT2D eigenvalue weighted by molar-refractivity contribution is -0.136. The number of aryl methyl sites for hydroxylation is 2. The number of aliphatic carboxylic acids is 1. The Morgan fingerprint density at radius 2 is 2.31 bits per heavy atom. The minimum absolute atomic E-state index is 0.0820. The molecule has 0 atom stereocenters. The van der Waals surface area contributed by atoms with Crippen LogP contribution in [-0.2, 0) is 18.3 Å². The molecule has 0 spiro atoms. The van der Waals surface area contributed by atoms with Crippen LogP contribution < -0.4 is 0 Å². The first-order chi connectivity index (χ1) is 7.59. The molecule has 0 aliphatic heterocycles. The van der Waals surface area contributed by atoms with E-state index in [0.29, 0.717) is 11.4 Å². The van der Waals surface area contributed by atoms with Gasteiger partial charge in [-0.1, -0.05) is 23.7 Å². The number of carboxylic acids is 1. The molecule has 0 radical (unpaired) electrons. The van der Waals surface area contributed by atoms with E-state index in [2.05, 4.69) is 5.10 Å². The molecule has 1 aromatic heterocycles. The summed E-state index contributed by atoms with van der Waals surface area (Å²) < 4.78 is 1.69. The molecule has 0 bridgehead atoms. The Morgan fingerprint density at radius 3 is 3.00 bits per heavy atom. The number of hydrogen-bond donors (Lipinski definition) is 1. The average molecular weight is 239 g/mol. The molecule has 1 N–H and O–H groups in total. The highest BCUT2D eigenvalue weighted by atomic mass is 35.5. The number of nitrogens with zero attached hydrogens (tertiary/aromatic N) is 2. The first-order valence-electron chi connectivity index (χ1n) is 4.91. The summed E-state index contributed by atoms with van der Waals surface area (Å²) in [4.78, 5) is 10.5. The summed E-state index contributed by atoms with van der Waals surface area (Å²) in [5.74, 6) is -0.819. The zero-order chi connectivity index (χ0) is 11.7. The van der Waals surface area contributed by atoms with Crippen molar-refractivity contribution in [2.75, 3.05) is 0 Å². The molecule has 0 saturated heterocycles. The maximum Gasteiger partial charge on any atom is 0.303 e. The van der Waals surface area contributed by atoms with Gasteiger partial charge < -0.3 is 5.11 Å². The van der Waals surface area contributed by atoms with Crippen LogP contribution in [0.5, 0.6) is 0 Å². The molecule has 0 saturated carbocycles. The summed E-state index contributed by atoms with van der Waals surface area (Å²) in [6.45, 7) is 0. The Bertz CT molecular complexity index is 548. The quantitative estimate of drug-likeness (QED) is 0.892. The van der Waals surface area contributed by atoms with Crippen molar-refractivity contribution in [2.45, 2.75) is 12.8 Å². The van der Waals surface area contributed by atoms with Gasteiger partial charge in [-0.15, -0.1) is 0 Å². The number of carbonyl (C=O) groups is 1. The second-order valence-corrected chi connectivity index (χ2v) is 4.01. The number of fused-ring (bicyclic) bond motifs is 1. The average Bonchev–Trinajstić information content (AvgIpc) is 2.54. The standard InChI is InChI=1S/C11H11ClN2O2/c1-14-11-7(3-2-4-8(11)12)9(13-14)5-6-10(15)16/h2-4H,5-6H2,1H3,(H,15,16). The third kappa shape index (κ3) is 1.88. The zero-order valence-electron chi connectivity index (χ0n) is 8.77. The van der Waals surface area contributed by atoms with Gasteiger partial charge in [-0.3, -0.25) is 9.48 Å². The second kappa shape index (κ2) is 4.14. The summed E-state index contributed by atoms with van der Waals surface area (Å²) in [5, 5.41) is 14.5. The number of para-hydroxylation sites is 1. The van der Waals surface area contributed by atoms with Crippen LogP contribution >= 0.6 is 11.6 Å². The summed E-state index contributed by atoms with van der Waals surface area (Å²) in [6, 6.07) is 5.55. The van der Waals surface area contributed by atoms with E-state index < -0.39 is 5.97 Å². The summed E-state index contributed by atoms with van der Waals surface area (Å²) in [5.41, 5.74) is 1.63. The van der Waals surface area contributed by atoms with Crippen LogP contribution in [0.4, 0.5) is 0 Å². The van der Waals surface area contributed by atoms with Crippen molar-refractivity contribution < 1.29 is 9.90 Å². The topological polar surface area (TPSA) is 55.1 Å². The second-order valence-electron chi connectivity index (χ2n) is 3.60. The van der Waals surface area contributed by atoms with Crippen LogP contribution in [0.1, 0.15) is 12.1 Å². The number of hydrogen-bond acceptors (Lipinski definition) is 2. The van der Waals surface area contributed by atoms with Crippen molar-refractivity contribution in [3.05, 3.63) is 28.9 Å². The maximum atomic E-state index is 10.5. The molecule has 2 aromatic rings. The van der Waals surface area contributed by atoms with Gasteiger partial charge in [-0.2, -0.15) is 5.10 Å². The van der Waals surface area contributed by atoms with E-state index in [1.165, 1.54) is 0 Å². The largest absolute Gasteiger partial charge is 0.481 e. The van der Waals surface area contributed by atoms with Crippen LogP contribution in [0.15, 0.2) is 18.2 Å². The van der Waals surface area contributed by atoms with Gasteiger partial charge in [-0.05, 0) is 6.07 Å². The van der Waals surface area contributed by atoms with Gasteiger partial charge in [0.2, 0.25) is 0 Å². The van der Waals surface area contributed by atoms with Gasteiger partial charge in [0.1, 0.15) is 0 Å². The van der Waals surface area contributed by atoms with Crippen molar-refractivity contribution in [3.63, 3.8) is 0 Å². The predicted molar refractivity (Wildman–Crippen MR) is 61.7 cm³/mol. The third-order valence-electron chi connectivity index (χ3n) is 2.47. The maximum absolute atomic E-state index is 10.5. The van der Waals surface area contributed by atoms with Crippen LogP contribution in [0, 0.1) is 0 Å². The fourth-order valence-corrected chi connectivity index (χ4v) is 2.07. The Hall–Kier alpha value is -1.55. The first kappa shape index (κ1) is 11.0. The summed E-state index contributed by atoms with van der Waals surface area (Å²) in [7, 11) is 1.80. The SMILES string of the molecule is Cn1nc(CCC(=O)O)c2cccc(Cl)c21. The number of carboxylic acid groups (broad SMARTS) is 1. The van der Waals surface area contributed by atoms with Gasteiger partial charge in [0.25, 0.3) is 0 Å². The van der Waals surface area contributed by atoms with Crippen LogP contribution in [0.3, 0.4) is 0 Å². The van der Waals surface area contributed by atoms with E-state index in [4.69, 9.17) is 16.7 Å². The minimum atomic E-state index is -0.819. The lowest BCUT2D eigenvalue weighted by Gasteiger charge is -1.96. The van der Waals surface area contributed by atoms with Gasteiger partial charge >= 0.3 is 5.97 Å². The monoisotopic (exact) mass is 238 g/mol. The highest BCUT2D eigenvalue weighted by Gasteiger charge is 2.11. The van der Waals surface area contributed by atoms with Crippen molar-refractivity contribution in [3.8, 4) is 0 Å². The Balaban J connectivity index is 2.47. The van der Waals surface area contributed by atoms with E-state index in [-0.39, 0.29) is 6.42 Å².